The number of benzene rings is 1. The number of hydrogen-bond donors (Lipinski definition) is 1. The third-order valence-electron chi connectivity index (χ3n) is 4.96. The van der Waals surface area contributed by atoms with E-state index in [9.17, 15) is 14.7 Å². The largest absolute Gasteiger partial charge is 0.388 e. The van der Waals surface area contributed by atoms with Gasteiger partial charge in [0, 0.05) is 33.1 Å². The molecule has 1 aromatic carbocycles. The number of carbonyl (C=O) groups excluding carboxylic acids is 2. The van der Waals surface area contributed by atoms with Crippen LogP contribution in [0.3, 0.4) is 0 Å². The molecule has 1 fully saturated rings. The zero-order valence-electron chi connectivity index (χ0n) is 14.9. The molecule has 0 radical (unpaired) electrons. The van der Waals surface area contributed by atoms with Crippen LogP contribution in [0.5, 0.6) is 0 Å². The zero-order valence-corrected chi connectivity index (χ0v) is 14.9. The molecule has 1 N–H and O–H groups in total. The first-order valence-corrected chi connectivity index (χ1v) is 8.51. The molecule has 7 nitrogen and oxygen atoms in total. The summed E-state index contributed by atoms with van der Waals surface area (Å²) in [7, 11) is 0. The van der Waals surface area contributed by atoms with Gasteiger partial charge in [0.25, 0.3) is 0 Å². The second-order valence-electron chi connectivity index (χ2n) is 6.58. The Morgan fingerprint density at radius 2 is 1.68 bits per heavy atom. The van der Waals surface area contributed by atoms with E-state index in [2.05, 4.69) is 4.98 Å². The van der Waals surface area contributed by atoms with E-state index in [1.54, 1.807) is 21.3 Å². The molecule has 1 aliphatic rings. The maximum atomic E-state index is 12.7. The third-order valence-corrected chi connectivity index (χ3v) is 4.96. The number of carbonyl (C=O) groups is 2. The zero-order chi connectivity index (χ0) is 18.1. The number of aryl methyl sites for hydroxylation is 2. The van der Waals surface area contributed by atoms with E-state index in [4.69, 9.17) is 0 Å². The number of piperazine rings is 1. The van der Waals surface area contributed by atoms with Crippen molar-refractivity contribution in [2.45, 2.75) is 33.9 Å². The molecular formula is C18H24N4O3. The van der Waals surface area contributed by atoms with Gasteiger partial charge in [0.15, 0.2) is 0 Å². The van der Waals surface area contributed by atoms with Gasteiger partial charge in [0.05, 0.1) is 11.0 Å². The molecule has 2 heterocycles. The molecule has 3 rings (SSSR count). The summed E-state index contributed by atoms with van der Waals surface area (Å²) in [4.78, 5) is 32.1. The van der Waals surface area contributed by atoms with Crippen LogP contribution in [0.25, 0.3) is 11.0 Å². The van der Waals surface area contributed by atoms with Gasteiger partial charge in [-0.05, 0) is 37.1 Å². The Bertz CT molecular complexity index is 819. The Morgan fingerprint density at radius 3 is 2.28 bits per heavy atom. The maximum absolute atomic E-state index is 12.7. The quantitative estimate of drug-likeness (QED) is 0.895. The van der Waals surface area contributed by atoms with Crippen molar-refractivity contribution in [2.24, 2.45) is 0 Å². The molecule has 1 aliphatic heterocycles. The molecule has 0 saturated carbocycles. The summed E-state index contributed by atoms with van der Waals surface area (Å²) in [5, 5.41) is 9.62. The average molecular weight is 344 g/mol. The van der Waals surface area contributed by atoms with Gasteiger partial charge in [-0.1, -0.05) is 0 Å². The highest BCUT2D eigenvalue weighted by atomic mass is 16.3. The van der Waals surface area contributed by atoms with E-state index in [1.165, 1.54) is 0 Å². The van der Waals surface area contributed by atoms with Gasteiger partial charge in [-0.3, -0.25) is 9.59 Å². The van der Waals surface area contributed by atoms with Crippen molar-refractivity contribution in [1.82, 2.24) is 19.4 Å². The van der Waals surface area contributed by atoms with Crippen LogP contribution >= 0.6 is 0 Å². The third kappa shape index (κ3) is 3.37. The van der Waals surface area contributed by atoms with Crippen LogP contribution in [0.2, 0.25) is 0 Å². The lowest BCUT2D eigenvalue weighted by Crippen LogP contribution is -2.50. The van der Waals surface area contributed by atoms with Crippen LogP contribution < -0.4 is 0 Å². The van der Waals surface area contributed by atoms with Crippen molar-refractivity contribution in [2.75, 3.05) is 26.2 Å². The molecule has 0 aliphatic carbocycles. The van der Waals surface area contributed by atoms with Crippen LogP contribution in [0.4, 0.5) is 0 Å². The van der Waals surface area contributed by atoms with Crippen molar-refractivity contribution >= 4 is 22.8 Å². The van der Waals surface area contributed by atoms with Gasteiger partial charge >= 0.3 is 0 Å². The van der Waals surface area contributed by atoms with Crippen molar-refractivity contribution in [1.29, 1.82) is 0 Å². The fourth-order valence-electron chi connectivity index (χ4n) is 3.23. The maximum Gasteiger partial charge on any atom is 0.242 e. The van der Waals surface area contributed by atoms with E-state index in [0.717, 1.165) is 22.2 Å². The second-order valence-corrected chi connectivity index (χ2v) is 6.58. The summed E-state index contributed by atoms with van der Waals surface area (Å²) < 4.78 is 1.79. The Kier molecular flexibility index (Phi) is 4.76. The molecule has 0 spiro atoms. The number of aliphatic hydroxyl groups excluding tert-OH is 1. The van der Waals surface area contributed by atoms with E-state index >= 15 is 0 Å². The number of hydrogen-bond acceptors (Lipinski definition) is 4. The van der Waals surface area contributed by atoms with E-state index in [1.807, 2.05) is 26.0 Å². The SMILES string of the molecule is CC(=O)N1CCN(C(=O)Cn2c(CO)nc3cc(C)c(C)cc32)CC1. The van der Waals surface area contributed by atoms with Crippen LogP contribution in [0.15, 0.2) is 12.1 Å². The Hall–Kier alpha value is -2.41. The molecule has 0 atom stereocenters. The predicted octanol–water partition coefficient (Wildman–Crippen LogP) is 0.836. The Balaban J connectivity index is 1.81. The van der Waals surface area contributed by atoms with E-state index < -0.39 is 0 Å². The number of amides is 2. The fraction of sp³-hybridized carbons (Fsp3) is 0.500. The van der Waals surface area contributed by atoms with Gasteiger partial charge in [0.1, 0.15) is 19.0 Å². The topological polar surface area (TPSA) is 78.7 Å². The number of aromatic nitrogens is 2. The molecule has 0 unspecified atom stereocenters. The Labute approximate surface area is 146 Å². The first-order valence-electron chi connectivity index (χ1n) is 8.51. The first kappa shape index (κ1) is 17.4. The highest BCUT2D eigenvalue weighted by Gasteiger charge is 2.23. The van der Waals surface area contributed by atoms with E-state index in [0.29, 0.717) is 32.0 Å². The summed E-state index contributed by atoms with van der Waals surface area (Å²) in [6.07, 6.45) is 0. The minimum Gasteiger partial charge on any atom is -0.388 e. The molecule has 25 heavy (non-hydrogen) atoms. The van der Waals surface area contributed by atoms with Gasteiger partial charge in [-0.25, -0.2) is 4.98 Å². The molecule has 1 aromatic heterocycles. The summed E-state index contributed by atoms with van der Waals surface area (Å²) in [5.74, 6) is 0.521. The number of imidazole rings is 1. The first-order chi connectivity index (χ1) is 11.9. The minimum atomic E-state index is -0.210. The van der Waals surface area contributed by atoms with Gasteiger partial charge < -0.3 is 19.5 Å². The lowest BCUT2D eigenvalue weighted by Gasteiger charge is -2.34. The van der Waals surface area contributed by atoms with Crippen molar-refractivity contribution in [3.8, 4) is 0 Å². The minimum absolute atomic E-state index is 0.0181. The summed E-state index contributed by atoms with van der Waals surface area (Å²) >= 11 is 0. The standard InChI is InChI=1S/C18H24N4O3/c1-12-8-15-16(9-13(12)2)22(17(11-23)19-15)10-18(25)21-6-4-20(5-7-21)14(3)24/h8-9,23H,4-7,10-11H2,1-3H3. The summed E-state index contributed by atoms with van der Waals surface area (Å²) in [6, 6.07) is 3.99. The van der Waals surface area contributed by atoms with Gasteiger partial charge in [-0.2, -0.15) is 0 Å². The van der Waals surface area contributed by atoms with Crippen molar-refractivity contribution in [3.63, 3.8) is 0 Å². The summed E-state index contributed by atoms with van der Waals surface area (Å²) in [5.41, 5.74) is 3.92. The Morgan fingerprint density at radius 1 is 1.08 bits per heavy atom. The van der Waals surface area contributed by atoms with Crippen molar-refractivity contribution in [3.05, 3.63) is 29.1 Å². The molecule has 2 amide bonds. The van der Waals surface area contributed by atoms with Crippen LogP contribution in [-0.4, -0.2) is 62.5 Å². The van der Waals surface area contributed by atoms with Crippen LogP contribution in [0, 0.1) is 13.8 Å². The van der Waals surface area contributed by atoms with Gasteiger partial charge in [-0.15, -0.1) is 0 Å². The highest BCUT2D eigenvalue weighted by molar-refractivity contribution is 5.82. The molecule has 134 valence electrons. The fourth-order valence-corrected chi connectivity index (χ4v) is 3.23. The lowest BCUT2D eigenvalue weighted by atomic mass is 10.1. The smallest absolute Gasteiger partial charge is 0.242 e. The predicted molar refractivity (Wildman–Crippen MR) is 94.0 cm³/mol. The number of nitrogens with zero attached hydrogens (tertiary/aromatic N) is 4. The van der Waals surface area contributed by atoms with Gasteiger partial charge in [0.2, 0.25) is 11.8 Å². The second kappa shape index (κ2) is 6.84. The lowest BCUT2D eigenvalue weighted by molar-refractivity contribution is -0.138. The van der Waals surface area contributed by atoms with E-state index in [-0.39, 0.29) is 25.0 Å². The average Bonchev–Trinajstić information content (AvgIpc) is 2.92. The number of fused-ring (bicyclic) bond motifs is 1. The number of rotatable bonds is 3. The van der Waals surface area contributed by atoms with Crippen LogP contribution in [0.1, 0.15) is 23.9 Å². The highest BCUT2D eigenvalue weighted by Crippen LogP contribution is 2.21. The normalized spacial score (nSPS) is 15.0. The molecule has 1 saturated heterocycles. The monoisotopic (exact) mass is 344 g/mol. The molecular weight excluding hydrogens is 320 g/mol. The number of aliphatic hydroxyl groups is 1. The molecule has 0 bridgehead atoms. The summed E-state index contributed by atoms with van der Waals surface area (Å²) in [6.45, 7) is 7.74. The molecule has 7 heteroatoms. The molecule has 2 aromatic rings. The van der Waals surface area contributed by atoms with Crippen molar-refractivity contribution < 1.29 is 14.7 Å². The van der Waals surface area contributed by atoms with Crippen LogP contribution in [-0.2, 0) is 22.7 Å².